The molecule has 1 aromatic carbocycles. The van der Waals surface area contributed by atoms with Crippen LogP contribution in [0.4, 0.5) is 13.2 Å². The van der Waals surface area contributed by atoms with Crippen molar-refractivity contribution >= 4 is 48.8 Å². The molecule has 0 saturated carbocycles. The number of Topliss-reactive ketones (excluding diaryl/α,β-unsaturated/α-hetero) is 2. The largest absolute Gasteiger partial charge is 0.450 e. The van der Waals surface area contributed by atoms with Crippen LogP contribution in [0.3, 0.4) is 0 Å². The molecule has 0 unspecified atom stereocenters. The maximum Gasteiger partial charge on any atom is 0.450 e. The van der Waals surface area contributed by atoms with E-state index in [2.05, 4.69) is 37.2 Å². The molecule has 0 aliphatic carbocycles. The van der Waals surface area contributed by atoms with E-state index < -0.39 is 24.2 Å². The molecule has 0 fully saturated rings. The fraction of sp³-hybridized carbons (Fsp3) is 0.273. The van der Waals surface area contributed by atoms with Crippen LogP contribution in [0.2, 0.25) is 0 Å². The number of alkyl halides is 3. The van der Waals surface area contributed by atoms with E-state index in [0.29, 0.717) is 0 Å². The van der Waals surface area contributed by atoms with Gasteiger partial charge < -0.3 is 0 Å². The van der Waals surface area contributed by atoms with Crippen molar-refractivity contribution in [2.45, 2.75) is 19.5 Å². The summed E-state index contributed by atoms with van der Waals surface area (Å²) in [5.74, 6) is -2.83. The zero-order valence-corrected chi connectivity index (χ0v) is 13.5. The minimum absolute atomic E-state index is 0.114. The SMILES string of the molecule is Cc1ccc(C(=O)CC(=O)C(F)(F)F)cc1.II. The molecule has 100 valence electrons. The van der Waals surface area contributed by atoms with Crippen molar-refractivity contribution < 1.29 is 22.8 Å². The van der Waals surface area contributed by atoms with Gasteiger partial charge in [-0.15, -0.1) is 0 Å². The van der Waals surface area contributed by atoms with Crippen LogP contribution < -0.4 is 0 Å². The van der Waals surface area contributed by atoms with Gasteiger partial charge in [-0.25, -0.2) is 0 Å². The summed E-state index contributed by atoms with van der Waals surface area (Å²) in [6, 6.07) is 6.01. The lowest BCUT2D eigenvalue weighted by molar-refractivity contribution is -0.170. The Hall–Kier alpha value is -0.190. The number of rotatable bonds is 3. The predicted molar refractivity (Wildman–Crippen MR) is 79.2 cm³/mol. The monoisotopic (exact) mass is 484 g/mol. The van der Waals surface area contributed by atoms with Crippen LogP contribution in [0.5, 0.6) is 0 Å². The van der Waals surface area contributed by atoms with Crippen molar-refractivity contribution in [2.24, 2.45) is 0 Å². The van der Waals surface area contributed by atoms with Gasteiger partial charge in [0.25, 0.3) is 0 Å². The second-order valence-corrected chi connectivity index (χ2v) is 3.39. The lowest BCUT2D eigenvalue weighted by Gasteiger charge is -2.04. The highest BCUT2D eigenvalue weighted by atomic mass is 128. The average Bonchev–Trinajstić information content (AvgIpc) is 2.31. The molecular weight excluding hydrogens is 475 g/mol. The maximum atomic E-state index is 11.9. The third kappa shape index (κ3) is 6.12. The third-order valence-corrected chi connectivity index (χ3v) is 2.01. The number of carbonyl (C=O) groups excluding carboxylic acids is 2. The molecule has 1 rings (SSSR count). The summed E-state index contributed by atoms with van der Waals surface area (Å²) < 4.78 is 35.7. The van der Waals surface area contributed by atoms with E-state index in [1.54, 1.807) is 19.1 Å². The Morgan fingerprint density at radius 2 is 1.56 bits per heavy atom. The quantitative estimate of drug-likeness (QED) is 0.361. The number of benzene rings is 1. The van der Waals surface area contributed by atoms with Gasteiger partial charge in [0.1, 0.15) is 0 Å². The number of hydrogen-bond acceptors (Lipinski definition) is 2. The van der Waals surface area contributed by atoms with Gasteiger partial charge in [-0.1, -0.05) is 29.8 Å². The van der Waals surface area contributed by atoms with E-state index in [9.17, 15) is 22.8 Å². The Balaban J connectivity index is 0.00000137. The van der Waals surface area contributed by atoms with Crippen LogP contribution in [0.25, 0.3) is 0 Å². The Labute approximate surface area is 126 Å². The molecule has 0 saturated heterocycles. The summed E-state index contributed by atoms with van der Waals surface area (Å²) in [7, 11) is 0. The van der Waals surface area contributed by atoms with Gasteiger partial charge in [0.15, 0.2) is 5.78 Å². The Morgan fingerprint density at radius 3 is 1.94 bits per heavy atom. The molecular formula is C11H9F3I2O2. The van der Waals surface area contributed by atoms with Crippen LogP contribution in [0, 0.1) is 6.92 Å². The van der Waals surface area contributed by atoms with E-state index in [0.717, 1.165) is 5.56 Å². The molecule has 0 N–H and O–H groups in total. The first-order valence-electron chi connectivity index (χ1n) is 4.65. The minimum atomic E-state index is -4.94. The van der Waals surface area contributed by atoms with Gasteiger partial charge in [0, 0.05) is 42.8 Å². The van der Waals surface area contributed by atoms with Gasteiger partial charge in [-0.05, 0) is 6.92 Å². The van der Waals surface area contributed by atoms with Crippen molar-refractivity contribution in [2.75, 3.05) is 0 Å². The Bertz CT molecular complexity index is 413. The molecule has 0 amide bonds. The zero-order valence-electron chi connectivity index (χ0n) is 9.22. The smallest absolute Gasteiger partial charge is 0.294 e. The molecule has 0 aliphatic heterocycles. The van der Waals surface area contributed by atoms with Crippen LogP contribution >= 0.6 is 37.2 Å². The highest BCUT2D eigenvalue weighted by molar-refractivity contribution is 15.0. The first-order valence-corrected chi connectivity index (χ1v) is 10.9. The third-order valence-electron chi connectivity index (χ3n) is 2.01. The molecule has 0 spiro atoms. The molecule has 0 aliphatic rings. The first-order chi connectivity index (χ1) is 8.30. The van der Waals surface area contributed by atoms with Gasteiger partial charge in [-0.2, -0.15) is 13.2 Å². The van der Waals surface area contributed by atoms with Crippen LogP contribution in [-0.2, 0) is 4.79 Å². The highest BCUT2D eigenvalue weighted by Crippen LogP contribution is 2.19. The molecule has 0 radical (unpaired) electrons. The summed E-state index contributed by atoms with van der Waals surface area (Å²) >= 11 is 4.24. The second-order valence-electron chi connectivity index (χ2n) is 3.39. The summed E-state index contributed by atoms with van der Waals surface area (Å²) in [5.41, 5.74) is 1.00. The molecule has 7 heteroatoms. The number of halogens is 5. The molecule has 0 bridgehead atoms. The van der Waals surface area contributed by atoms with Gasteiger partial charge in [-0.3, -0.25) is 9.59 Å². The average molecular weight is 484 g/mol. The lowest BCUT2D eigenvalue weighted by atomic mass is 10.0. The van der Waals surface area contributed by atoms with E-state index in [1.807, 2.05) is 0 Å². The lowest BCUT2D eigenvalue weighted by Crippen LogP contribution is -2.25. The standard InChI is InChI=1S/C11H9F3O2.I2/c1-7-2-4-8(5-3-7)9(15)6-10(16)11(12,13)14;1-2/h2-5H,6H2,1H3;. The van der Waals surface area contributed by atoms with Crippen molar-refractivity contribution in [3.63, 3.8) is 0 Å². The molecule has 2 nitrogen and oxygen atoms in total. The van der Waals surface area contributed by atoms with Crippen molar-refractivity contribution in [1.82, 2.24) is 0 Å². The second kappa shape index (κ2) is 8.08. The molecule has 0 aromatic heterocycles. The van der Waals surface area contributed by atoms with Crippen molar-refractivity contribution in [3.05, 3.63) is 35.4 Å². The van der Waals surface area contributed by atoms with Crippen molar-refractivity contribution in [3.8, 4) is 0 Å². The number of carbonyl (C=O) groups is 2. The van der Waals surface area contributed by atoms with E-state index in [-0.39, 0.29) is 5.56 Å². The van der Waals surface area contributed by atoms with Crippen LogP contribution in [-0.4, -0.2) is 17.7 Å². The number of aryl methyl sites for hydroxylation is 1. The summed E-state index contributed by atoms with van der Waals surface area (Å²) in [5, 5.41) is 0. The number of hydrogen-bond donors (Lipinski definition) is 0. The van der Waals surface area contributed by atoms with E-state index in [1.165, 1.54) is 12.1 Å². The fourth-order valence-electron chi connectivity index (χ4n) is 1.09. The minimum Gasteiger partial charge on any atom is -0.294 e. The zero-order chi connectivity index (χ0) is 14.3. The summed E-state index contributed by atoms with van der Waals surface area (Å²) in [4.78, 5) is 21.9. The maximum absolute atomic E-state index is 11.9. The highest BCUT2D eigenvalue weighted by Gasteiger charge is 2.39. The van der Waals surface area contributed by atoms with Gasteiger partial charge in [0.2, 0.25) is 5.78 Å². The van der Waals surface area contributed by atoms with Gasteiger partial charge in [0.05, 0.1) is 6.42 Å². The van der Waals surface area contributed by atoms with E-state index in [4.69, 9.17) is 0 Å². The topological polar surface area (TPSA) is 34.1 Å². The van der Waals surface area contributed by atoms with E-state index >= 15 is 0 Å². The number of ketones is 2. The summed E-state index contributed by atoms with van der Waals surface area (Å²) in [6.45, 7) is 1.79. The fourth-order valence-corrected chi connectivity index (χ4v) is 1.09. The Kier molecular flexibility index (Phi) is 7.99. The molecule has 1 aromatic rings. The van der Waals surface area contributed by atoms with Crippen LogP contribution in [0.1, 0.15) is 22.3 Å². The molecule has 0 atom stereocenters. The van der Waals surface area contributed by atoms with Crippen LogP contribution in [0.15, 0.2) is 24.3 Å². The first kappa shape index (κ1) is 17.8. The Morgan fingerprint density at radius 1 is 1.11 bits per heavy atom. The van der Waals surface area contributed by atoms with Gasteiger partial charge >= 0.3 is 6.18 Å². The normalized spacial score (nSPS) is 10.3. The predicted octanol–water partition coefficient (Wildman–Crippen LogP) is 4.47. The summed E-state index contributed by atoms with van der Waals surface area (Å²) in [6.07, 6.45) is -6.08. The van der Waals surface area contributed by atoms with Crippen molar-refractivity contribution in [1.29, 1.82) is 0 Å². The molecule has 18 heavy (non-hydrogen) atoms. The molecule has 0 heterocycles.